The predicted molar refractivity (Wildman–Crippen MR) is 71.4 cm³/mol. The van der Waals surface area contributed by atoms with Gasteiger partial charge in [-0.2, -0.15) is 0 Å². The zero-order chi connectivity index (χ0) is 12.1. The van der Waals surface area contributed by atoms with E-state index in [9.17, 15) is 4.79 Å². The second-order valence-corrected chi connectivity index (χ2v) is 5.69. The van der Waals surface area contributed by atoms with E-state index < -0.39 is 0 Å². The van der Waals surface area contributed by atoms with Gasteiger partial charge in [0.25, 0.3) is 0 Å². The van der Waals surface area contributed by atoms with Crippen molar-refractivity contribution in [3.05, 3.63) is 21.4 Å². The maximum absolute atomic E-state index is 11.4. The van der Waals surface area contributed by atoms with Crippen LogP contribution in [-0.2, 0) is 24.2 Å². The van der Waals surface area contributed by atoms with Gasteiger partial charge < -0.3 is 10.6 Å². The molecule has 4 heteroatoms. The molecule has 1 aliphatic rings. The molecule has 1 aromatic rings. The van der Waals surface area contributed by atoms with Crippen LogP contribution in [0.15, 0.2) is 6.07 Å². The van der Waals surface area contributed by atoms with Crippen molar-refractivity contribution in [3.63, 3.8) is 0 Å². The van der Waals surface area contributed by atoms with Crippen molar-refractivity contribution in [2.75, 3.05) is 13.1 Å². The van der Waals surface area contributed by atoms with E-state index in [1.165, 1.54) is 29.7 Å². The highest BCUT2D eigenvalue weighted by Crippen LogP contribution is 2.30. The van der Waals surface area contributed by atoms with Gasteiger partial charge in [-0.1, -0.05) is 6.92 Å². The fourth-order valence-corrected chi connectivity index (χ4v) is 3.33. The molecule has 1 heterocycles. The summed E-state index contributed by atoms with van der Waals surface area (Å²) < 4.78 is 0. The van der Waals surface area contributed by atoms with Gasteiger partial charge in [0.05, 0.1) is 6.54 Å². The average Bonchev–Trinajstić information content (AvgIpc) is 2.86. The van der Waals surface area contributed by atoms with Crippen molar-refractivity contribution in [2.45, 2.75) is 39.2 Å². The van der Waals surface area contributed by atoms with Crippen LogP contribution in [0.2, 0.25) is 0 Å². The molecule has 17 heavy (non-hydrogen) atoms. The van der Waals surface area contributed by atoms with Crippen LogP contribution in [0.5, 0.6) is 0 Å². The van der Waals surface area contributed by atoms with Gasteiger partial charge in [-0.15, -0.1) is 11.3 Å². The first kappa shape index (κ1) is 12.6. The summed E-state index contributed by atoms with van der Waals surface area (Å²) in [6.07, 6.45) is 4.79. The highest BCUT2D eigenvalue weighted by Gasteiger charge is 2.14. The Bertz CT molecular complexity index is 365. The highest BCUT2D eigenvalue weighted by atomic mass is 32.1. The van der Waals surface area contributed by atoms with Gasteiger partial charge >= 0.3 is 0 Å². The molecule has 3 nitrogen and oxygen atoms in total. The number of thiophene rings is 1. The van der Waals surface area contributed by atoms with Crippen LogP contribution in [0, 0.1) is 0 Å². The minimum atomic E-state index is 0.0935. The molecular formula is C13H20N2OS. The van der Waals surface area contributed by atoms with Crippen LogP contribution in [-0.4, -0.2) is 19.0 Å². The number of hydrogen-bond donors (Lipinski definition) is 2. The Morgan fingerprint density at radius 2 is 2.35 bits per heavy atom. The normalized spacial score (nSPS) is 13.7. The van der Waals surface area contributed by atoms with E-state index in [4.69, 9.17) is 0 Å². The predicted octanol–water partition coefficient (Wildman–Crippen LogP) is 1.85. The van der Waals surface area contributed by atoms with Crippen molar-refractivity contribution in [2.24, 2.45) is 0 Å². The lowest BCUT2D eigenvalue weighted by atomic mass is 10.2. The van der Waals surface area contributed by atoms with Gasteiger partial charge in [0, 0.05) is 22.8 Å². The molecule has 0 atom stereocenters. The van der Waals surface area contributed by atoms with Crippen LogP contribution in [0.1, 0.15) is 35.1 Å². The summed E-state index contributed by atoms with van der Waals surface area (Å²) in [5.74, 6) is 0.0935. The molecule has 2 N–H and O–H groups in total. The van der Waals surface area contributed by atoms with Crippen molar-refractivity contribution < 1.29 is 4.79 Å². The monoisotopic (exact) mass is 252 g/mol. The summed E-state index contributed by atoms with van der Waals surface area (Å²) in [5.41, 5.74) is 1.53. The Morgan fingerprint density at radius 1 is 1.47 bits per heavy atom. The third-order valence-electron chi connectivity index (χ3n) is 2.95. The maximum atomic E-state index is 11.4. The molecule has 0 spiro atoms. The largest absolute Gasteiger partial charge is 0.355 e. The van der Waals surface area contributed by atoms with E-state index in [0.29, 0.717) is 6.54 Å². The van der Waals surface area contributed by atoms with E-state index in [2.05, 4.69) is 23.6 Å². The summed E-state index contributed by atoms with van der Waals surface area (Å²) >= 11 is 1.90. The third kappa shape index (κ3) is 3.54. The molecule has 0 radical (unpaired) electrons. The van der Waals surface area contributed by atoms with Crippen LogP contribution in [0.3, 0.4) is 0 Å². The van der Waals surface area contributed by atoms with Crippen molar-refractivity contribution in [1.29, 1.82) is 0 Å². The number of carbonyl (C=O) groups excluding carboxylic acids is 1. The molecule has 94 valence electrons. The van der Waals surface area contributed by atoms with E-state index in [1.54, 1.807) is 4.88 Å². The Labute approximate surface area is 107 Å². The summed E-state index contributed by atoms with van der Waals surface area (Å²) in [6, 6.07) is 2.30. The SMILES string of the molecule is CCCNC(=O)CNCc1cc2c(s1)CCC2. The van der Waals surface area contributed by atoms with Crippen molar-refractivity contribution in [1.82, 2.24) is 10.6 Å². The minimum Gasteiger partial charge on any atom is -0.355 e. The fourth-order valence-electron chi connectivity index (χ4n) is 2.10. The van der Waals surface area contributed by atoms with E-state index in [1.807, 2.05) is 11.3 Å². The average molecular weight is 252 g/mol. The number of rotatable bonds is 6. The second kappa shape index (κ2) is 6.17. The Hall–Kier alpha value is -0.870. The summed E-state index contributed by atoms with van der Waals surface area (Å²) in [4.78, 5) is 14.3. The standard InChI is InChI=1S/C13H20N2OS/c1-2-6-15-13(16)9-14-8-11-7-10-4-3-5-12(10)17-11/h7,14H,2-6,8-9H2,1H3,(H,15,16). The zero-order valence-electron chi connectivity index (χ0n) is 10.3. The lowest BCUT2D eigenvalue weighted by molar-refractivity contribution is -0.120. The van der Waals surface area contributed by atoms with Crippen LogP contribution in [0.4, 0.5) is 0 Å². The molecule has 2 rings (SSSR count). The first-order valence-electron chi connectivity index (χ1n) is 6.37. The maximum Gasteiger partial charge on any atom is 0.233 e. The third-order valence-corrected chi connectivity index (χ3v) is 4.19. The van der Waals surface area contributed by atoms with Crippen LogP contribution < -0.4 is 10.6 Å². The number of carbonyl (C=O) groups is 1. The Morgan fingerprint density at radius 3 is 3.12 bits per heavy atom. The Kier molecular flexibility index (Phi) is 4.57. The summed E-state index contributed by atoms with van der Waals surface area (Å²) in [5, 5.41) is 6.06. The van der Waals surface area contributed by atoms with Crippen LogP contribution in [0.25, 0.3) is 0 Å². The molecule has 1 amide bonds. The van der Waals surface area contributed by atoms with E-state index in [0.717, 1.165) is 19.5 Å². The van der Waals surface area contributed by atoms with Crippen LogP contribution >= 0.6 is 11.3 Å². The molecule has 0 saturated heterocycles. The number of aryl methyl sites for hydroxylation is 2. The van der Waals surface area contributed by atoms with Gasteiger partial charge in [0.2, 0.25) is 5.91 Å². The van der Waals surface area contributed by atoms with Gasteiger partial charge in [0.1, 0.15) is 0 Å². The number of hydrogen-bond acceptors (Lipinski definition) is 3. The molecule has 0 fully saturated rings. The fraction of sp³-hybridized carbons (Fsp3) is 0.615. The highest BCUT2D eigenvalue weighted by molar-refractivity contribution is 7.12. The number of amides is 1. The lowest BCUT2D eigenvalue weighted by Gasteiger charge is -2.04. The Balaban J connectivity index is 1.69. The lowest BCUT2D eigenvalue weighted by Crippen LogP contribution is -2.33. The summed E-state index contributed by atoms with van der Waals surface area (Å²) in [7, 11) is 0. The molecule has 1 aromatic heterocycles. The number of fused-ring (bicyclic) bond motifs is 1. The van der Waals surface area contributed by atoms with E-state index in [-0.39, 0.29) is 5.91 Å². The first-order valence-corrected chi connectivity index (χ1v) is 7.19. The van der Waals surface area contributed by atoms with Crippen molar-refractivity contribution in [3.8, 4) is 0 Å². The zero-order valence-corrected chi connectivity index (χ0v) is 11.2. The smallest absolute Gasteiger partial charge is 0.233 e. The number of nitrogens with one attached hydrogen (secondary N) is 2. The van der Waals surface area contributed by atoms with Crippen molar-refractivity contribution >= 4 is 17.2 Å². The van der Waals surface area contributed by atoms with Gasteiger partial charge in [-0.05, 0) is 37.3 Å². The molecular weight excluding hydrogens is 232 g/mol. The molecule has 0 aromatic carbocycles. The first-order chi connectivity index (χ1) is 8.29. The quantitative estimate of drug-likeness (QED) is 0.811. The topological polar surface area (TPSA) is 41.1 Å². The minimum absolute atomic E-state index is 0.0935. The van der Waals surface area contributed by atoms with Gasteiger partial charge in [-0.25, -0.2) is 0 Å². The van der Waals surface area contributed by atoms with Gasteiger partial charge in [-0.3, -0.25) is 4.79 Å². The second-order valence-electron chi connectivity index (χ2n) is 4.47. The molecule has 0 unspecified atom stereocenters. The summed E-state index contributed by atoms with van der Waals surface area (Å²) in [6.45, 7) is 4.06. The molecule has 0 aliphatic heterocycles. The molecule has 0 bridgehead atoms. The van der Waals surface area contributed by atoms with Gasteiger partial charge in [0.15, 0.2) is 0 Å². The molecule has 0 saturated carbocycles. The van der Waals surface area contributed by atoms with E-state index >= 15 is 0 Å². The molecule has 1 aliphatic carbocycles.